The van der Waals surface area contributed by atoms with Crippen LogP contribution in [0.15, 0.2) is 48.8 Å². The van der Waals surface area contributed by atoms with E-state index >= 15 is 0 Å². The minimum absolute atomic E-state index is 0.227. The van der Waals surface area contributed by atoms with Crippen LogP contribution in [0.2, 0.25) is 0 Å². The number of hydrogen-bond donors (Lipinski definition) is 0. The summed E-state index contributed by atoms with van der Waals surface area (Å²) in [6.07, 6.45) is 2.17. The second-order valence-corrected chi connectivity index (χ2v) is 5.66. The predicted octanol–water partition coefficient (Wildman–Crippen LogP) is 2.00. The van der Waals surface area contributed by atoms with Crippen molar-refractivity contribution in [3.05, 3.63) is 71.3 Å². The van der Waals surface area contributed by atoms with Crippen LogP contribution in [-0.2, 0) is 13.0 Å². The summed E-state index contributed by atoms with van der Waals surface area (Å²) in [5.41, 5.74) is 3.09. The van der Waals surface area contributed by atoms with E-state index in [1.54, 1.807) is 4.90 Å². The van der Waals surface area contributed by atoms with Crippen molar-refractivity contribution >= 4 is 5.91 Å². The molecule has 0 spiro atoms. The van der Waals surface area contributed by atoms with Crippen molar-refractivity contribution < 1.29 is 9.18 Å². The molecule has 0 aliphatic carbocycles. The Morgan fingerprint density at radius 2 is 1.96 bits per heavy atom. The summed E-state index contributed by atoms with van der Waals surface area (Å²) in [6, 6.07) is 12.1. The normalized spacial score (nSPS) is 13.6. The number of halogens is 1. The van der Waals surface area contributed by atoms with Gasteiger partial charge in [0.25, 0.3) is 5.91 Å². The number of aromatic nitrogens is 4. The molecule has 3 aromatic rings. The molecule has 4 rings (SSSR count). The van der Waals surface area contributed by atoms with Gasteiger partial charge in [-0.15, -0.1) is 5.10 Å². The first-order valence-corrected chi connectivity index (χ1v) is 7.61. The highest BCUT2D eigenvalue weighted by atomic mass is 19.1. The van der Waals surface area contributed by atoms with Crippen LogP contribution in [0, 0.1) is 5.82 Å². The molecule has 0 unspecified atom stereocenters. The number of carbonyl (C=O) groups excluding carboxylic acids is 1. The molecule has 6 nitrogen and oxygen atoms in total. The molecule has 120 valence electrons. The van der Waals surface area contributed by atoms with Gasteiger partial charge in [0.2, 0.25) is 0 Å². The van der Waals surface area contributed by atoms with E-state index < -0.39 is 5.82 Å². The number of tetrazole rings is 1. The average Bonchev–Trinajstić information content (AvgIpc) is 3.15. The van der Waals surface area contributed by atoms with Gasteiger partial charge in [0.05, 0.1) is 11.3 Å². The highest BCUT2D eigenvalue weighted by Crippen LogP contribution is 2.23. The molecule has 0 bridgehead atoms. The minimum Gasteiger partial charge on any atom is -0.334 e. The van der Waals surface area contributed by atoms with E-state index in [1.807, 2.05) is 18.2 Å². The van der Waals surface area contributed by atoms with Gasteiger partial charge in [0.15, 0.2) is 0 Å². The number of rotatable bonds is 2. The van der Waals surface area contributed by atoms with Crippen molar-refractivity contribution in [2.24, 2.45) is 0 Å². The number of benzene rings is 2. The lowest BCUT2D eigenvalue weighted by Crippen LogP contribution is -2.36. The fourth-order valence-corrected chi connectivity index (χ4v) is 2.99. The third-order valence-electron chi connectivity index (χ3n) is 4.20. The molecule has 1 aliphatic heterocycles. The van der Waals surface area contributed by atoms with Crippen molar-refractivity contribution in [1.82, 2.24) is 25.1 Å². The summed E-state index contributed by atoms with van der Waals surface area (Å²) in [6.45, 7) is 1.11. The van der Waals surface area contributed by atoms with E-state index in [9.17, 15) is 9.18 Å². The SMILES string of the molecule is O=C(c1cc(F)ccc1-n1cnnn1)N1CCc2ccccc2C1. The topological polar surface area (TPSA) is 63.9 Å². The van der Waals surface area contributed by atoms with Gasteiger partial charge in [0.1, 0.15) is 12.1 Å². The van der Waals surface area contributed by atoms with Gasteiger partial charge < -0.3 is 4.90 Å². The van der Waals surface area contributed by atoms with Crippen LogP contribution in [0.1, 0.15) is 21.5 Å². The first-order valence-electron chi connectivity index (χ1n) is 7.61. The van der Waals surface area contributed by atoms with E-state index in [0.29, 0.717) is 18.8 Å². The number of hydrogen-bond acceptors (Lipinski definition) is 4. The second kappa shape index (κ2) is 5.84. The zero-order valence-corrected chi connectivity index (χ0v) is 12.8. The molecule has 0 atom stereocenters. The molecule has 0 N–H and O–H groups in total. The van der Waals surface area contributed by atoms with Gasteiger partial charge in [-0.05, 0) is 46.2 Å². The van der Waals surface area contributed by atoms with Crippen LogP contribution >= 0.6 is 0 Å². The van der Waals surface area contributed by atoms with Gasteiger partial charge >= 0.3 is 0 Å². The Labute approximate surface area is 137 Å². The van der Waals surface area contributed by atoms with Gasteiger partial charge in [-0.25, -0.2) is 4.39 Å². The largest absolute Gasteiger partial charge is 0.334 e. The summed E-state index contributed by atoms with van der Waals surface area (Å²) in [7, 11) is 0. The lowest BCUT2D eigenvalue weighted by atomic mass is 9.99. The summed E-state index contributed by atoms with van der Waals surface area (Å²) >= 11 is 0. The van der Waals surface area contributed by atoms with Crippen LogP contribution in [0.4, 0.5) is 4.39 Å². The molecule has 0 saturated carbocycles. The fourth-order valence-electron chi connectivity index (χ4n) is 2.99. The Bertz CT molecular complexity index is 894. The molecule has 0 fully saturated rings. The van der Waals surface area contributed by atoms with Gasteiger partial charge in [-0.3, -0.25) is 4.79 Å². The quantitative estimate of drug-likeness (QED) is 0.723. The molecule has 1 aliphatic rings. The first kappa shape index (κ1) is 14.5. The number of amides is 1. The standard InChI is InChI=1S/C17H14FN5O/c18-14-5-6-16(23-11-19-20-21-23)15(9-14)17(24)22-8-7-12-3-1-2-4-13(12)10-22/h1-6,9,11H,7-8,10H2. The maximum absolute atomic E-state index is 13.7. The maximum atomic E-state index is 13.7. The number of carbonyl (C=O) groups is 1. The monoisotopic (exact) mass is 323 g/mol. The summed E-state index contributed by atoms with van der Waals surface area (Å²) in [5.74, 6) is -0.693. The van der Waals surface area contributed by atoms with Crippen molar-refractivity contribution in [2.75, 3.05) is 6.54 Å². The van der Waals surface area contributed by atoms with Crippen LogP contribution in [0.25, 0.3) is 5.69 Å². The Balaban J connectivity index is 1.69. The highest BCUT2D eigenvalue weighted by Gasteiger charge is 2.24. The van der Waals surface area contributed by atoms with Crippen molar-refractivity contribution in [1.29, 1.82) is 0 Å². The van der Waals surface area contributed by atoms with Crippen LogP contribution in [0.5, 0.6) is 0 Å². The molecular formula is C17H14FN5O. The molecule has 0 radical (unpaired) electrons. The van der Waals surface area contributed by atoms with Crippen LogP contribution in [-0.4, -0.2) is 37.6 Å². The molecule has 1 aromatic heterocycles. The summed E-state index contributed by atoms with van der Waals surface area (Å²) in [4.78, 5) is 14.7. The van der Waals surface area contributed by atoms with Crippen molar-refractivity contribution in [3.63, 3.8) is 0 Å². The average molecular weight is 323 g/mol. The fraction of sp³-hybridized carbons (Fsp3) is 0.176. The number of nitrogens with zero attached hydrogens (tertiary/aromatic N) is 5. The van der Waals surface area contributed by atoms with Gasteiger partial charge in [-0.2, -0.15) is 4.68 Å². The molecular weight excluding hydrogens is 309 g/mol. The van der Waals surface area contributed by atoms with Crippen molar-refractivity contribution in [3.8, 4) is 5.69 Å². The maximum Gasteiger partial charge on any atom is 0.256 e. The van der Waals surface area contributed by atoms with Crippen molar-refractivity contribution in [2.45, 2.75) is 13.0 Å². The van der Waals surface area contributed by atoms with Gasteiger partial charge in [-0.1, -0.05) is 24.3 Å². The van der Waals surface area contributed by atoms with Crippen LogP contribution < -0.4 is 0 Å². The molecule has 7 heteroatoms. The minimum atomic E-state index is -0.465. The predicted molar refractivity (Wildman–Crippen MR) is 84.0 cm³/mol. The number of fused-ring (bicyclic) bond motifs is 1. The van der Waals surface area contributed by atoms with E-state index in [1.165, 1.54) is 34.8 Å². The highest BCUT2D eigenvalue weighted by molar-refractivity contribution is 5.97. The molecule has 1 amide bonds. The molecule has 24 heavy (non-hydrogen) atoms. The molecule has 2 heterocycles. The zero-order chi connectivity index (χ0) is 16.5. The van der Waals surface area contributed by atoms with E-state index in [-0.39, 0.29) is 11.5 Å². The third kappa shape index (κ3) is 2.54. The summed E-state index contributed by atoms with van der Waals surface area (Å²) in [5, 5.41) is 11.0. The first-order chi connectivity index (χ1) is 11.7. The molecule has 2 aromatic carbocycles. The molecule has 0 saturated heterocycles. The van der Waals surface area contributed by atoms with Gasteiger partial charge in [0, 0.05) is 13.1 Å². The zero-order valence-electron chi connectivity index (χ0n) is 12.8. The Morgan fingerprint density at radius 1 is 1.12 bits per heavy atom. The second-order valence-electron chi connectivity index (χ2n) is 5.66. The third-order valence-corrected chi connectivity index (χ3v) is 4.20. The smallest absolute Gasteiger partial charge is 0.256 e. The lowest BCUT2D eigenvalue weighted by molar-refractivity contribution is 0.0734. The Kier molecular flexibility index (Phi) is 3.53. The van der Waals surface area contributed by atoms with E-state index in [0.717, 1.165) is 12.0 Å². The summed E-state index contributed by atoms with van der Waals surface area (Å²) < 4.78 is 15.1. The lowest BCUT2D eigenvalue weighted by Gasteiger charge is -2.29. The Hall–Kier alpha value is -3.09. The van der Waals surface area contributed by atoms with Crippen LogP contribution in [0.3, 0.4) is 0 Å². The Morgan fingerprint density at radius 3 is 2.75 bits per heavy atom. The van der Waals surface area contributed by atoms with E-state index in [2.05, 4.69) is 21.6 Å². The van der Waals surface area contributed by atoms with E-state index in [4.69, 9.17) is 0 Å².